The highest BCUT2D eigenvalue weighted by Gasteiger charge is 2.33. The van der Waals surface area contributed by atoms with E-state index in [0.717, 1.165) is 44.3 Å². The van der Waals surface area contributed by atoms with Crippen LogP contribution < -0.4 is 48.3 Å². The summed E-state index contributed by atoms with van der Waals surface area (Å²) in [6.45, 7) is -0.183. The number of carbonyl (C=O) groups excluding carboxylic acids is 9. The Bertz CT molecular complexity index is 1990. The van der Waals surface area contributed by atoms with Crippen LogP contribution in [0.5, 0.6) is 0 Å². The molecule has 2 heterocycles. The van der Waals surface area contributed by atoms with Crippen molar-refractivity contribution in [3.05, 3.63) is 17.6 Å². The van der Waals surface area contributed by atoms with Crippen LogP contribution in [-0.4, -0.2) is 180 Å². The lowest BCUT2D eigenvalue weighted by atomic mass is 10.0. The number of primary amides is 1. The van der Waals surface area contributed by atoms with E-state index in [4.69, 9.17) is 15.2 Å². The van der Waals surface area contributed by atoms with E-state index in [1.807, 2.05) is 6.92 Å². The van der Waals surface area contributed by atoms with Crippen molar-refractivity contribution < 1.29 is 62.8 Å². The zero-order chi connectivity index (χ0) is 56.5. The number of aromatic amines is 1. The lowest BCUT2D eigenvalue weighted by Crippen LogP contribution is -2.60. The Kier molecular flexibility index (Phi) is 36.1. The second kappa shape index (κ2) is 41.7. The summed E-state index contributed by atoms with van der Waals surface area (Å²) in [7, 11) is 1.40. The topological polar surface area (TPSA) is 402 Å². The Labute approximate surface area is 450 Å². The monoisotopic (exact) mass is 1090 g/mol. The summed E-state index contributed by atoms with van der Waals surface area (Å²) in [6, 6.07) is -7.13. The average Bonchev–Trinajstić information content (AvgIpc) is 4.15. The number of carbonyl (C=O) groups is 9. The second-order valence-electron chi connectivity index (χ2n) is 18.7. The molecule has 1 aliphatic rings. The predicted molar refractivity (Wildman–Crippen MR) is 282 cm³/mol. The molecule has 1 aromatic heterocycles. The van der Waals surface area contributed by atoms with E-state index in [1.165, 1.54) is 64.8 Å². The van der Waals surface area contributed by atoms with E-state index in [-0.39, 0.29) is 38.6 Å². The van der Waals surface area contributed by atoms with E-state index in [0.29, 0.717) is 37.9 Å². The molecular formula is C50H86N14O13. The highest BCUT2D eigenvalue weighted by Crippen LogP contribution is 2.15. The van der Waals surface area contributed by atoms with Gasteiger partial charge in [0.1, 0.15) is 36.8 Å². The van der Waals surface area contributed by atoms with Gasteiger partial charge < -0.3 is 68.0 Å². The summed E-state index contributed by atoms with van der Waals surface area (Å²) < 4.78 is 10.7. The highest BCUT2D eigenvalue weighted by molar-refractivity contribution is 5.97. The first-order valence-corrected chi connectivity index (χ1v) is 27.1. The number of H-pyrrole nitrogens is 1. The lowest BCUT2D eigenvalue weighted by Gasteiger charge is -2.26. The molecule has 434 valence electrons. The van der Waals surface area contributed by atoms with Crippen molar-refractivity contribution in [3.63, 3.8) is 0 Å². The first-order chi connectivity index (χ1) is 37.2. The van der Waals surface area contributed by atoms with Crippen molar-refractivity contribution in [1.82, 2.24) is 63.2 Å². The second-order valence-corrected chi connectivity index (χ2v) is 18.7. The molecule has 1 aromatic rings. The first kappa shape index (κ1) is 66.7. The largest absolute Gasteiger partial charge is 0.394 e. The lowest BCUT2D eigenvalue weighted by molar-refractivity contribution is -0.136. The summed E-state index contributed by atoms with van der Waals surface area (Å²) >= 11 is 0. The van der Waals surface area contributed by atoms with E-state index >= 15 is 0 Å². The molecule has 27 nitrogen and oxygen atoms in total. The molecule has 9 amide bonds. The van der Waals surface area contributed by atoms with Crippen LogP contribution >= 0.6 is 0 Å². The standard InChI is InChI=1S/C50H86N14O13/c1-3-4-20-36(46(71)52-2)57-50(75)40(33-66)60-48(73)38(30-35-19-18-25-53-35)59-47(72)37(23-24-41(51)67)58-49(74)39(32-65)56-44(69)31-55-45(70)34-77-29-28-76-27-26-54-43(68)22-17-15-13-11-9-7-5-6-8-10-12-14-16-21-42-61-63-64-62-42/h19,25,36-40,65-66H,3-18,20-24,26-34H2,1-2H3,(H2,51,67)(H,52,71)(H,54,68)(H,55,70)(H,56,69)(H,57,75)(H,58,74)(H,59,72)(H,60,73)(H,61,62,63,64)/t36-,37-,38-,39-,40-/m0/s1. The fraction of sp³-hybridized carbons (Fsp3) is 0.740. The van der Waals surface area contributed by atoms with Gasteiger partial charge in [-0.2, -0.15) is 5.21 Å². The molecule has 0 unspecified atom stereocenters. The molecule has 0 saturated heterocycles. The van der Waals surface area contributed by atoms with Gasteiger partial charge in [-0.15, -0.1) is 10.2 Å². The third kappa shape index (κ3) is 31.4. The van der Waals surface area contributed by atoms with Crippen LogP contribution in [0.15, 0.2) is 16.8 Å². The molecule has 0 bridgehead atoms. The van der Waals surface area contributed by atoms with E-state index < -0.39 is 110 Å². The maximum atomic E-state index is 13.7. The molecule has 0 fully saturated rings. The van der Waals surface area contributed by atoms with Crippen LogP contribution in [0.4, 0.5) is 0 Å². The summed E-state index contributed by atoms with van der Waals surface area (Å²) in [5.41, 5.74) is 5.72. The Balaban J connectivity index is 1.67. The molecule has 0 radical (unpaired) electrons. The number of nitrogens with two attached hydrogens (primary N) is 1. The van der Waals surface area contributed by atoms with Crippen molar-refractivity contribution >= 4 is 59.4 Å². The molecular weight excluding hydrogens is 1000 g/mol. The van der Waals surface area contributed by atoms with Crippen LogP contribution in [-0.2, 0) is 59.0 Å². The van der Waals surface area contributed by atoms with Gasteiger partial charge in [0.2, 0.25) is 53.2 Å². The molecule has 0 aromatic carbocycles. The average molecular weight is 1090 g/mol. The number of allylic oxidation sites excluding steroid dienone is 1. The number of ether oxygens (including phenoxy) is 2. The Morgan fingerprint density at radius 2 is 1.18 bits per heavy atom. The summed E-state index contributed by atoms with van der Waals surface area (Å²) in [5.74, 6) is -5.97. The first-order valence-electron chi connectivity index (χ1n) is 27.1. The van der Waals surface area contributed by atoms with Crippen LogP contribution in [0, 0.1) is 0 Å². The van der Waals surface area contributed by atoms with Crippen LogP contribution in [0.1, 0.15) is 148 Å². The minimum absolute atomic E-state index is 0.0350. The fourth-order valence-corrected chi connectivity index (χ4v) is 7.86. The Morgan fingerprint density at radius 3 is 1.75 bits per heavy atom. The minimum atomic E-state index is -1.64. The van der Waals surface area contributed by atoms with Gasteiger partial charge in [0.25, 0.3) is 0 Å². The van der Waals surface area contributed by atoms with E-state index in [2.05, 4.69) is 68.2 Å². The number of rotatable bonds is 46. The summed E-state index contributed by atoms with van der Waals surface area (Å²) in [4.78, 5) is 119. The van der Waals surface area contributed by atoms with Crippen molar-refractivity contribution in [2.24, 2.45) is 10.7 Å². The van der Waals surface area contributed by atoms with Crippen LogP contribution in [0.2, 0.25) is 0 Å². The highest BCUT2D eigenvalue weighted by atomic mass is 16.5. The number of aliphatic hydroxyl groups excluding tert-OH is 2. The van der Waals surface area contributed by atoms with Gasteiger partial charge in [0.05, 0.1) is 39.6 Å². The SMILES string of the molecule is CCCC[C@H](NC(=O)[C@H](CO)NC(=O)[C@H](CC1=CCC=N1)NC(=O)[C@H](CCC(N)=O)NC(=O)[C@H](CO)NC(=O)CNC(=O)COCCOCCNC(=O)CCCCCCCCCCCCCCCc1nn[nH]n1)C(=O)NC. The van der Waals surface area contributed by atoms with E-state index in [1.54, 1.807) is 12.3 Å². The number of aryl methyl sites for hydroxylation is 1. The number of aromatic nitrogens is 4. The van der Waals surface area contributed by atoms with Crippen molar-refractivity contribution in [3.8, 4) is 0 Å². The third-order valence-electron chi connectivity index (χ3n) is 12.3. The number of nitrogens with one attached hydrogen (secondary N) is 9. The van der Waals surface area contributed by atoms with Crippen LogP contribution in [0.3, 0.4) is 0 Å². The molecule has 0 aliphatic carbocycles. The Morgan fingerprint density at radius 1 is 0.623 bits per heavy atom. The molecule has 2 rings (SSSR count). The number of aliphatic imine (C=N–C) groups is 1. The molecule has 5 atom stereocenters. The maximum Gasteiger partial charge on any atom is 0.246 e. The molecule has 1 aliphatic heterocycles. The van der Waals surface area contributed by atoms with Crippen LogP contribution in [0.25, 0.3) is 0 Å². The third-order valence-corrected chi connectivity index (χ3v) is 12.3. The zero-order valence-electron chi connectivity index (χ0n) is 45.0. The number of nitrogens with zero attached hydrogens (tertiary/aromatic N) is 4. The van der Waals surface area contributed by atoms with Gasteiger partial charge in [-0.05, 0) is 25.7 Å². The number of hydrogen-bond donors (Lipinski definition) is 12. The number of tetrazole rings is 1. The number of amides is 9. The van der Waals surface area contributed by atoms with Gasteiger partial charge in [-0.25, -0.2) is 0 Å². The fourth-order valence-electron chi connectivity index (χ4n) is 7.86. The Hall–Kier alpha value is -6.45. The smallest absolute Gasteiger partial charge is 0.246 e. The quantitative estimate of drug-likeness (QED) is 0.0342. The molecule has 0 saturated carbocycles. The number of likely N-dealkylation sites (N-methyl/N-ethyl adjacent to an activating group) is 1. The number of hydrogen-bond acceptors (Lipinski definition) is 17. The van der Waals surface area contributed by atoms with Gasteiger partial charge in [-0.1, -0.05) is 102 Å². The molecule has 77 heavy (non-hydrogen) atoms. The van der Waals surface area contributed by atoms with Gasteiger partial charge >= 0.3 is 0 Å². The number of aliphatic hydroxyl groups is 2. The van der Waals surface area contributed by atoms with Gasteiger partial charge in [-0.3, -0.25) is 48.1 Å². The van der Waals surface area contributed by atoms with Crippen molar-refractivity contribution in [2.75, 3.05) is 59.8 Å². The summed E-state index contributed by atoms with van der Waals surface area (Å²) in [6.07, 6.45) is 20.9. The number of unbranched alkanes of at least 4 members (excludes halogenated alkanes) is 13. The van der Waals surface area contributed by atoms with Gasteiger partial charge in [0, 0.05) is 57.6 Å². The van der Waals surface area contributed by atoms with Crippen molar-refractivity contribution in [1.29, 1.82) is 0 Å². The minimum Gasteiger partial charge on any atom is -0.394 e. The summed E-state index contributed by atoms with van der Waals surface area (Å²) in [5, 5.41) is 53.6. The normalized spacial score (nSPS) is 13.7. The van der Waals surface area contributed by atoms with E-state index in [9.17, 15) is 53.4 Å². The van der Waals surface area contributed by atoms with Crippen molar-refractivity contribution in [2.45, 2.75) is 178 Å². The molecule has 13 N–H and O–H groups in total. The maximum absolute atomic E-state index is 13.7. The van der Waals surface area contributed by atoms with Gasteiger partial charge in [0.15, 0.2) is 5.82 Å². The molecule has 0 spiro atoms. The zero-order valence-corrected chi connectivity index (χ0v) is 45.0. The molecule has 27 heteroatoms. The predicted octanol–water partition coefficient (Wildman–Crippen LogP) is -1.17.